The molecule has 0 amide bonds. The Kier molecular flexibility index (Phi) is 4.62. The molecular weight excluding hydrogens is 294 g/mol. The lowest BCUT2D eigenvalue weighted by molar-refractivity contribution is -0.132. The summed E-state index contributed by atoms with van der Waals surface area (Å²) in [5.41, 5.74) is 1.40. The highest BCUT2D eigenvalue weighted by Gasteiger charge is 2.05. The Morgan fingerprint density at radius 1 is 1.35 bits per heavy atom. The van der Waals surface area contributed by atoms with Crippen molar-refractivity contribution in [2.45, 2.75) is 0 Å². The van der Waals surface area contributed by atoms with Gasteiger partial charge in [-0.1, -0.05) is 18.2 Å². The van der Waals surface area contributed by atoms with Gasteiger partial charge in [-0.15, -0.1) is 0 Å². The van der Waals surface area contributed by atoms with Crippen molar-refractivity contribution in [1.29, 1.82) is 0 Å². The van der Waals surface area contributed by atoms with Gasteiger partial charge in [0.2, 0.25) is 0 Å². The first kappa shape index (κ1) is 16.0. The number of H-pyrrole nitrogens is 1. The lowest BCUT2D eigenvalue weighted by Crippen LogP contribution is -2.11. The second-order valence-electron chi connectivity index (χ2n) is 5.05. The molecule has 0 saturated carbocycles. The van der Waals surface area contributed by atoms with E-state index in [4.69, 9.17) is 11.7 Å². The molecule has 2 N–H and O–H groups in total. The van der Waals surface area contributed by atoms with Crippen LogP contribution in [0.25, 0.3) is 21.8 Å². The van der Waals surface area contributed by atoms with Gasteiger partial charge in [0.05, 0.1) is 12.1 Å². The van der Waals surface area contributed by atoms with Crippen LogP contribution in [-0.4, -0.2) is 30.2 Å². The number of pyridine rings is 1. The van der Waals surface area contributed by atoms with Gasteiger partial charge in [0.25, 0.3) is 11.3 Å². The van der Waals surface area contributed by atoms with Crippen molar-refractivity contribution in [3.8, 4) is 0 Å². The molecule has 0 saturated heterocycles. The van der Waals surface area contributed by atoms with E-state index in [-0.39, 0.29) is 5.56 Å². The molecule has 2 aromatic rings. The van der Waals surface area contributed by atoms with Gasteiger partial charge in [-0.3, -0.25) is 9.59 Å². The topological polar surface area (TPSA) is 77.8 Å². The fraction of sp³-hybridized carbons (Fsp3) is 0.118. The van der Waals surface area contributed by atoms with E-state index in [9.17, 15) is 9.59 Å². The van der Waals surface area contributed by atoms with E-state index in [1.807, 2.05) is 37.2 Å². The van der Waals surface area contributed by atoms with Gasteiger partial charge in [0, 0.05) is 25.3 Å². The number of rotatable bonds is 4. The molecule has 6 heteroatoms. The van der Waals surface area contributed by atoms with Crippen LogP contribution in [0.15, 0.2) is 46.9 Å². The van der Waals surface area contributed by atoms with Crippen LogP contribution in [0.5, 0.6) is 0 Å². The maximum atomic E-state index is 12.1. The number of nitrogens with one attached hydrogen (secondary N) is 1. The molecule has 0 atom stereocenters. The first-order valence-corrected chi connectivity index (χ1v) is 6.76. The minimum Gasteiger partial charge on any atom is -0.486 e. The molecule has 2 rings (SSSR count). The Hall–Kier alpha value is -3.33. The number of anilines is 1. The lowest BCUT2D eigenvalue weighted by Gasteiger charge is -2.12. The van der Waals surface area contributed by atoms with Gasteiger partial charge >= 0.3 is 5.97 Å². The molecule has 0 spiro atoms. The number of carboxylic acids is 1. The smallest absolute Gasteiger partial charge is 0.333 e. The summed E-state index contributed by atoms with van der Waals surface area (Å²) < 4.78 is 0. The highest BCUT2D eigenvalue weighted by Crippen LogP contribution is 2.19. The van der Waals surface area contributed by atoms with Crippen molar-refractivity contribution in [2.75, 3.05) is 19.0 Å². The van der Waals surface area contributed by atoms with Crippen molar-refractivity contribution >= 4 is 28.6 Å². The Bertz CT molecular complexity index is 915. The molecule has 0 aliphatic carbocycles. The summed E-state index contributed by atoms with van der Waals surface area (Å²) in [5.74, 6) is -1.30. The largest absolute Gasteiger partial charge is 0.486 e. The lowest BCUT2D eigenvalue weighted by atomic mass is 10.1. The third-order valence-electron chi connectivity index (χ3n) is 3.24. The molecule has 0 bridgehead atoms. The number of aromatic amines is 1. The molecule has 0 aliphatic heterocycles. The highest BCUT2D eigenvalue weighted by atomic mass is 16.4. The van der Waals surface area contributed by atoms with Crippen molar-refractivity contribution in [3.05, 3.63) is 69.4 Å². The molecule has 0 aliphatic rings. The summed E-state index contributed by atoms with van der Waals surface area (Å²) in [7, 11) is 3.83. The highest BCUT2D eigenvalue weighted by molar-refractivity contribution is 5.89. The van der Waals surface area contributed by atoms with Crippen LogP contribution in [-0.2, 0) is 4.79 Å². The standard InChI is InChI=1S/C17H15N3O3/c1-18-14(17(22)23)6-4-5-12-9-11-7-8-13(20(2)3)10-15(11)19-16(12)21/h4-10H,2-3H3,(H,19,21)(H,22,23). The Labute approximate surface area is 132 Å². The van der Waals surface area contributed by atoms with Crippen LogP contribution in [0.4, 0.5) is 5.69 Å². The number of aliphatic carboxylic acids is 1. The normalized spacial score (nSPS) is 11.6. The monoisotopic (exact) mass is 309 g/mol. The van der Waals surface area contributed by atoms with Crippen LogP contribution >= 0.6 is 0 Å². The number of hydrogen-bond acceptors (Lipinski definition) is 3. The van der Waals surface area contributed by atoms with Crippen LogP contribution < -0.4 is 10.5 Å². The summed E-state index contributed by atoms with van der Waals surface area (Å²) >= 11 is 0. The third-order valence-corrected chi connectivity index (χ3v) is 3.24. The molecule has 0 radical (unpaired) electrons. The second kappa shape index (κ2) is 6.62. The molecule has 1 aromatic heterocycles. The number of allylic oxidation sites excluding steroid dienone is 2. The average molecular weight is 309 g/mol. The SMILES string of the molecule is [C-]#[N+]C(=CC=Cc1cc2ccc(N(C)C)cc2[nH]c1=O)C(=O)O. The van der Waals surface area contributed by atoms with Crippen LogP contribution in [0.3, 0.4) is 0 Å². The number of nitrogens with zero attached hydrogens (tertiary/aromatic N) is 2. The zero-order valence-electron chi connectivity index (χ0n) is 12.7. The van der Waals surface area contributed by atoms with Gasteiger partial charge < -0.3 is 15.0 Å². The minimum atomic E-state index is -1.30. The van der Waals surface area contributed by atoms with Crippen molar-refractivity contribution in [2.24, 2.45) is 0 Å². The molecule has 1 heterocycles. The van der Waals surface area contributed by atoms with E-state index in [2.05, 4.69) is 9.83 Å². The number of fused-ring (bicyclic) bond motifs is 1. The van der Waals surface area contributed by atoms with Crippen molar-refractivity contribution in [1.82, 2.24) is 4.98 Å². The van der Waals surface area contributed by atoms with E-state index in [1.165, 1.54) is 12.2 Å². The van der Waals surface area contributed by atoms with Gasteiger partial charge in [-0.25, -0.2) is 4.85 Å². The Balaban J connectivity index is 2.42. The first-order chi connectivity index (χ1) is 10.9. The summed E-state index contributed by atoms with van der Waals surface area (Å²) in [6.07, 6.45) is 4.02. The van der Waals surface area contributed by atoms with Crippen molar-refractivity contribution < 1.29 is 9.90 Å². The van der Waals surface area contributed by atoms with Gasteiger partial charge in [0.15, 0.2) is 0 Å². The van der Waals surface area contributed by atoms with Gasteiger partial charge in [-0.05, 0) is 29.7 Å². The Morgan fingerprint density at radius 3 is 2.70 bits per heavy atom. The van der Waals surface area contributed by atoms with E-state index in [1.54, 1.807) is 6.07 Å². The van der Waals surface area contributed by atoms with Crippen LogP contribution in [0.1, 0.15) is 5.56 Å². The number of carbonyl (C=O) groups is 1. The zero-order chi connectivity index (χ0) is 17.0. The fourth-order valence-electron chi connectivity index (χ4n) is 2.01. The van der Waals surface area contributed by atoms with Crippen LogP contribution in [0, 0.1) is 6.57 Å². The quantitative estimate of drug-likeness (QED) is 0.517. The van der Waals surface area contributed by atoms with E-state index in [0.717, 1.165) is 22.7 Å². The molecule has 0 fully saturated rings. The molecule has 6 nitrogen and oxygen atoms in total. The number of hydrogen-bond donors (Lipinski definition) is 2. The zero-order valence-corrected chi connectivity index (χ0v) is 12.7. The molecule has 1 aromatic carbocycles. The Morgan fingerprint density at radius 2 is 2.09 bits per heavy atom. The van der Waals surface area contributed by atoms with Gasteiger partial charge in [-0.2, -0.15) is 0 Å². The summed E-state index contributed by atoms with van der Waals surface area (Å²) in [6, 6.07) is 7.44. The first-order valence-electron chi connectivity index (χ1n) is 6.76. The molecular formula is C17H15N3O3. The summed E-state index contributed by atoms with van der Waals surface area (Å²) in [6.45, 7) is 6.75. The number of aromatic nitrogens is 1. The molecule has 23 heavy (non-hydrogen) atoms. The van der Waals surface area contributed by atoms with Crippen molar-refractivity contribution in [3.63, 3.8) is 0 Å². The number of carboxylic acid groups (broad SMARTS) is 1. The van der Waals surface area contributed by atoms with E-state index in [0.29, 0.717) is 5.56 Å². The second-order valence-corrected chi connectivity index (χ2v) is 5.05. The molecule has 116 valence electrons. The van der Waals surface area contributed by atoms with E-state index < -0.39 is 11.7 Å². The van der Waals surface area contributed by atoms with Gasteiger partial charge in [0.1, 0.15) is 0 Å². The predicted octanol–water partition coefficient (Wildman–Crippen LogP) is 2.50. The predicted molar refractivity (Wildman–Crippen MR) is 90.3 cm³/mol. The minimum absolute atomic E-state index is 0.280. The van der Waals surface area contributed by atoms with Crippen LogP contribution in [0.2, 0.25) is 0 Å². The third kappa shape index (κ3) is 3.66. The van der Waals surface area contributed by atoms with E-state index >= 15 is 0 Å². The number of benzene rings is 1. The molecule has 0 unspecified atom stereocenters. The summed E-state index contributed by atoms with van der Waals surface area (Å²) in [5, 5.41) is 9.61. The average Bonchev–Trinajstić information content (AvgIpc) is 2.50. The fourth-order valence-corrected chi connectivity index (χ4v) is 2.01. The maximum absolute atomic E-state index is 12.1. The maximum Gasteiger partial charge on any atom is 0.333 e. The summed E-state index contributed by atoms with van der Waals surface area (Å²) in [4.78, 5) is 30.4.